The molecule has 0 saturated carbocycles. The van der Waals surface area contributed by atoms with Crippen molar-refractivity contribution < 1.29 is 9.72 Å². The molecule has 0 unspecified atom stereocenters. The van der Waals surface area contributed by atoms with Crippen LogP contribution in [0.4, 0.5) is 5.95 Å². The van der Waals surface area contributed by atoms with E-state index in [0.717, 1.165) is 0 Å². The monoisotopic (exact) mass is 263 g/mol. The fourth-order valence-electron chi connectivity index (χ4n) is 1.38. The molecule has 2 aromatic heterocycles. The standard InChI is InChI=1S/C9H9N7O3/c10-13-8(17)7-3-1-2-6(12-7)4-15-5-11-9(14-15)16(18)19/h1-3,5H,4,10H2,(H,13,17). The molecule has 10 heteroatoms. The maximum atomic E-state index is 11.3. The minimum Gasteiger partial charge on any atom is -0.390 e. The van der Waals surface area contributed by atoms with Crippen LogP contribution in [0.5, 0.6) is 0 Å². The van der Waals surface area contributed by atoms with E-state index in [1.54, 1.807) is 12.1 Å². The van der Waals surface area contributed by atoms with Crippen LogP contribution in [0.1, 0.15) is 16.2 Å². The second-order valence-corrected chi connectivity index (χ2v) is 3.49. The van der Waals surface area contributed by atoms with E-state index < -0.39 is 16.8 Å². The third kappa shape index (κ3) is 2.87. The van der Waals surface area contributed by atoms with Crippen molar-refractivity contribution in [1.29, 1.82) is 0 Å². The van der Waals surface area contributed by atoms with Crippen LogP contribution in [0.2, 0.25) is 0 Å². The van der Waals surface area contributed by atoms with Gasteiger partial charge in [0.05, 0.1) is 5.69 Å². The van der Waals surface area contributed by atoms with Crippen LogP contribution in [0.25, 0.3) is 0 Å². The van der Waals surface area contributed by atoms with Crippen molar-refractivity contribution in [1.82, 2.24) is 25.2 Å². The number of pyridine rings is 1. The number of hydrogen-bond donors (Lipinski definition) is 2. The summed E-state index contributed by atoms with van der Waals surface area (Å²) >= 11 is 0. The fraction of sp³-hybridized carbons (Fsp3) is 0.111. The molecule has 0 aliphatic rings. The Labute approximate surface area is 106 Å². The average molecular weight is 263 g/mol. The third-order valence-electron chi connectivity index (χ3n) is 2.18. The molecule has 0 atom stereocenters. The zero-order chi connectivity index (χ0) is 13.8. The first-order valence-electron chi connectivity index (χ1n) is 5.11. The van der Waals surface area contributed by atoms with E-state index in [0.29, 0.717) is 5.69 Å². The van der Waals surface area contributed by atoms with Gasteiger partial charge in [-0.25, -0.2) is 10.8 Å². The molecule has 0 aliphatic carbocycles. The first kappa shape index (κ1) is 12.6. The molecule has 19 heavy (non-hydrogen) atoms. The van der Waals surface area contributed by atoms with Gasteiger partial charge >= 0.3 is 5.95 Å². The Morgan fingerprint density at radius 3 is 2.95 bits per heavy atom. The van der Waals surface area contributed by atoms with E-state index in [-0.39, 0.29) is 12.2 Å². The molecule has 10 nitrogen and oxygen atoms in total. The molecule has 3 N–H and O–H groups in total. The Bertz CT molecular complexity index is 624. The van der Waals surface area contributed by atoms with E-state index in [1.807, 2.05) is 5.43 Å². The molecule has 2 heterocycles. The first-order chi connectivity index (χ1) is 9.10. The normalized spacial score (nSPS) is 10.2. The van der Waals surface area contributed by atoms with Crippen molar-refractivity contribution in [3.05, 3.63) is 46.0 Å². The third-order valence-corrected chi connectivity index (χ3v) is 2.18. The highest BCUT2D eigenvalue weighted by atomic mass is 16.6. The van der Waals surface area contributed by atoms with Gasteiger partial charge in [-0.3, -0.25) is 10.2 Å². The van der Waals surface area contributed by atoms with Gasteiger partial charge in [-0.2, -0.15) is 4.68 Å². The number of nitrogens with zero attached hydrogens (tertiary/aromatic N) is 5. The summed E-state index contributed by atoms with van der Waals surface area (Å²) in [5.74, 6) is 3.99. The maximum absolute atomic E-state index is 11.3. The second-order valence-electron chi connectivity index (χ2n) is 3.49. The molecule has 0 radical (unpaired) electrons. The highest BCUT2D eigenvalue weighted by Crippen LogP contribution is 2.04. The van der Waals surface area contributed by atoms with Gasteiger partial charge in [0.2, 0.25) is 6.33 Å². The Kier molecular flexibility index (Phi) is 3.43. The molecule has 0 spiro atoms. The van der Waals surface area contributed by atoms with Gasteiger partial charge in [-0.05, 0) is 17.1 Å². The summed E-state index contributed by atoms with van der Waals surface area (Å²) in [4.78, 5) is 28.6. The SMILES string of the molecule is NNC(=O)c1cccc(Cn2cnc([N+](=O)[O-])n2)n1. The summed E-state index contributed by atoms with van der Waals surface area (Å²) in [5, 5.41) is 14.1. The van der Waals surface area contributed by atoms with E-state index >= 15 is 0 Å². The molecule has 2 rings (SSSR count). The summed E-state index contributed by atoms with van der Waals surface area (Å²) < 4.78 is 1.25. The Hall–Kier alpha value is -2.88. The summed E-state index contributed by atoms with van der Waals surface area (Å²) in [6.07, 6.45) is 1.22. The van der Waals surface area contributed by atoms with Gasteiger partial charge in [-0.15, -0.1) is 0 Å². The number of nitrogens with one attached hydrogen (secondary N) is 1. The van der Waals surface area contributed by atoms with Crippen molar-refractivity contribution in [2.75, 3.05) is 0 Å². The van der Waals surface area contributed by atoms with Crippen LogP contribution in [-0.4, -0.2) is 30.6 Å². The Morgan fingerprint density at radius 2 is 2.32 bits per heavy atom. The molecule has 0 bridgehead atoms. The average Bonchev–Trinajstić information content (AvgIpc) is 2.87. The van der Waals surface area contributed by atoms with Gasteiger partial charge < -0.3 is 10.1 Å². The smallest absolute Gasteiger partial charge is 0.390 e. The van der Waals surface area contributed by atoms with Crippen molar-refractivity contribution in [3.8, 4) is 0 Å². The molecular weight excluding hydrogens is 254 g/mol. The largest absolute Gasteiger partial charge is 0.490 e. The molecule has 0 aliphatic heterocycles. The number of hydrazine groups is 1. The van der Waals surface area contributed by atoms with Gasteiger partial charge in [0.1, 0.15) is 12.2 Å². The summed E-state index contributed by atoms with van der Waals surface area (Å²) in [5.41, 5.74) is 2.61. The molecule has 2 aromatic rings. The lowest BCUT2D eigenvalue weighted by molar-refractivity contribution is -0.394. The van der Waals surface area contributed by atoms with Crippen molar-refractivity contribution in [2.45, 2.75) is 6.54 Å². The molecule has 1 amide bonds. The topological polar surface area (TPSA) is 142 Å². The zero-order valence-corrected chi connectivity index (χ0v) is 9.55. The van der Waals surface area contributed by atoms with Crippen LogP contribution in [-0.2, 0) is 6.54 Å². The number of rotatable bonds is 4. The van der Waals surface area contributed by atoms with E-state index in [2.05, 4.69) is 15.1 Å². The highest BCUT2D eigenvalue weighted by molar-refractivity contribution is 5.91. The Balaban J connectivity index is 2.18. The van der Waals surface area contributed by atoms with Crippen LogP contribution in [0, 0.1) is 10.1 Å². The Morgan fingerprint density at radius 1 is 1.53 bits per heavy atom. The summed E-state index contributed by atoms with van der Waals surface area (Å²) in [6.45, 7) is 0.159. The molecular formula is C9H9N7O3. The van der Waals surface area contributed by atoms with Crippen LogP contribution < -0.4 is 11.3 Å². The summed E-state index contributed by atoms with van der Waals surface area (Å²) in [6, 6.07) is 4.77. The lowest BCUT2D eigenvalue weighted by Crippen LogP contribution is -2.30. The van der Waals surface area contributed by atoms with Crippen molar-refractivity contribution in [3.63, 3.8) is 0 Å². The highest BCUT2D eigenvalue weighted by Gasteiger charge is 2.14. The van der Waals surface area contributed by atoms with Gasteiger partial charge in [-0.1, -0.05) is 11.1 Å². The molecule has 0 saturated heterocycles. The zero-order valence-electron chi connectivity index (χ0n) is 9.55. The number of aromatic nitrogens is 4. The van der Waals surface area contributed by atoms with Crippen molar-refractivity contribution in [2.24, 2.45) is 5.84 Å². The van der Waals surface area contributed by atoms with E-state index in [1.165, 1.54) is 17.1 Å². The fourth-order valence-corrected chi connectivity index (χ4v) is 1.38. The number of carbonyl (C=O) groups is 1. The van der Waals surface area contributed by atoms with E-state index in [4.69, 9.17) is 5.84 Å². The van der Waals surface area contributed by atoms with Gasteiger partial charge in [0.15, 0.2) is 0 Å². The number of amides is 1. The number of nitrogen functional groups attached to an aromatic ring is 1. The predicted octanol–water partition coefficient (Wildman–Crippen LogP) is -0.767. The van der Waals surface area contributed by atoms with Gasteiger partial charge in [0.25, 0.3) is 5.91 Å². The first-order valence-corrected chi connectivity index (χ1v) is 5.11. The van der Waals surface area contributed by atoms with Crippen LogP contribution >= 0.6 is 0 Å². The predicted molar refractivity (Wildman–Crippen MR) is 61.7 cm³/mol. The number of nitro groups is 1. The number of hydrogen-bond acceptors (Lipinski definition) is 7. The van der Waals surface area contributed by atoms with Crippen LogP contribution in [0.15, 0.2) is 24.5 Å². The van der Waals surface area contributed by atoms with Gasteiger partial charge in [0, 0.05) is 5.10 Å². The second kappa shape index (κ2) is 5.18. The van der Waals surface area contributed by atoms with Crippen molar-refractivity contribution >= 4 is 11.9 Å². The minimum atomic E-state index is -0.692. The van der Waals surface area contributed by atoms with E-state index in [9.17, 15) is 14.9 Å². The quantitative estimate of drug-likeness (QED) is 0.319. The number of nitrogens with two attached hydrogens (primary N) is 1. The molecule has 0 fully saturated rings. The number of carbonyl (C=O) groups excluding carboxylic acids is 1. The molecule has 0 aromatic carbocycles. The molecule has 98 valence electrons. The van der Waals surface area contributed by atoms with Crippen LogP contribution in [0.3, 0.4) is 0 Å². The maximum Gasteiger partial charge on any atom is 0.490 e. The minimum absolute atomic E-state index is 0.148. The lowest BCUT2D eigenvalue weighted by Gasteiger charge is -2.01. The lowest BCUT2D eigenvalue weighted by atomic mass is 10.3. The summed E-state index contributed by atoms with van der Waals surface area (Å²) in [7, 11) is 0.